The number of rotatable bonds is 19. The molecule has 0 spiro atoms. The lowest BCUT2D eigenvalue weighted by Crippen LogP contribution is -2.13. The predicted molar refractivity (Wildman–Crippen MR) is 202 cm³/mol. The Balaban J connectivity index is 1.62. The van der Waals surface area contributed by atoms with Crippen LogP contribution >= 0.6 is 22.6 Å². The van der Waals surface area contributed by atoms with E-state index in [0.29, 0.717) is 29.6 Å². The van der Waals surface area contributed by atoms with Crippen molar-refractivity contribution in [1.29, 1.82) is 0 Å². The number of benzene rings is 4. The summed E-state index contributed by atoms with van der Waals surface area (Å²) in [6.45, 7) is 7.01. The Kier molecular flexibility index (Phi) is 15.0. The molecule has 4 rings (SSSR count). The van der Waals surface area contributed by atoms with Gasteiger partial charge in [0, 0.05) is 4.43 Å². The molecular formula is C43H55I. The van der Waals surface area contributed by atoms with Gasteiger partial charge in [-0.2, -0.15) is 0 Å². The third-order valence-electron chi connectivity index (χ3n) is 9.77. The van der Waals surface area contributed by atoms with E-state index in [9.17, 15) is 0 Å². The highest BCUT2D eigenvalue weighted by Crippen LogP contribution is 2.41. The van der Waals surface area contributed by atoms with Crippen molar-refractivity contribution in [2.24, 2.45) is 0 Å². The summed E-state index contributed by atoms with van der Waals surface area (Å²) in [6.07, 6.45) is 12.5. The number of alkyl halides is 1. The summed E-state index contributed by atoms with van der Waals surface area (Å²) in [5, 5.41) is 0. The minimum Gasteiger partial charge on any atom is -0.0857 e. The van der Waals surface area contributed by atoms with E-state index in [1.807, 2.05) is 0 Å². The van der Waals surface area contributed by atoms with Gasteiger partial charge in [0.05, 0.1) is 0 Å². The van der Waals surface area contributed by atoms with Gasteiger partial charge in [-0.15, -0.1) is 0 Å². The van der Waals surface area contributed by atoms with Crippen LogP contribution < -0.4 is 0 Å². The van der Waals surface area contributed by atoms with Crippen molar-refractivity contribution < 1.29 is 0 Å². The molecule has 1 heteroatoms. The zero-order valence-corrected chi connectivity index (χ0v) is 29.7. The van der Waals surface area contributed by atoms with Gasteiger partial charge in [-0.25, -0.2) is 0 Å². The van der Waals surface area contributed by atoms with Crippen LogP contribution in [0.25, 0.3) is 0 Å². The normalized spacial score (nSPS) is 14.9. The maximum atomic E-state index is 2.62. The van der Waals surface area contributed by atoms with E-state index in [1.54, 1.807) is 0 Å². The lowest BCUT2D eigenvalue weighted by molar-refractivity contribution is 0.452. The standard InChI is InChI=1S/C43H55I/c1-4-7-19-41(35-22-13-9-14-23-35)31-42(32-43(33-44)36-24-15-10-16-25-36)38-28-26-37(27-29-38)40(18-6-3)30-39(17-5-2)34-20-11-8-12-21-34/h8-16,20-29,39-43H,4-7,17-19,30-33H2,1-3H3/t39-,40?,41-,42?,43+/m0/s1. The molecule has 234 valence electrons. The molecule has 0 saturated heterocycles. The summed E-state index contributed by atoms with van der Waals surface area (Å²) < 4.78 is 1.15. The second kappa shape index (κ2) is 19.2. The third kappa shape index (κ3) is 10.3. The van der Waals surface area contributed by atoms with Gasteiger partial charge in [-0.3, -0.25) is 0 Å². The van der Waals surface area contributed by atoms with Crippen molar-refractivity contribution in [3.05, 3.63) is 143 Å². The van der Waals surface area contributed by atoms with Crippen LogP contribution in [0.5, 0.6) is 0 Å². The Morgan fingerprint density at radius 3 is 1.14 bits per heavy atom. The van der Waals surface area contributed by atoms with Crippen LogP contribution in [0.4, 0.5) is 0 Å². The molecule has 0 N–H and O–H groups in total. The first kappa shape index (κ1) is 34.5. The molecule has 0 amide bonds. The first-order chi connectivity index (χ1) is 21.7. The van der Waals surface area contributed by atoms with E-state index >= 15 is 0 Å². The molecule has 0 aliphatic carbocycles. The molecule has 5 atom stereocenters. The van der Waals surface area contributed by atoms with Gasteiger partial charge in [0.25, 0.3) is 0 Å². The highest BCUT2D eigenvalue weighted by atomic mass is 127. The average Bonchev–Trinajstić information content (AvgIpc) is 3.09. The van der Waals surface area contributed by atoms with E-state index in [0.717, 1.165) is 4.43 Å². The summed E-state index contributed by atoms with van der Waals surface area (Å²) in [5.74, 6) is 2.94. The smallest absolute Gasteiger partial charge is 0.00644 e. The molecule has 0 nitrogen and oxygen atoms in total. The fourth-order valence-corrected chi connectivity index (χ4v) is 8.18. The summed E-state index contributed by atoms with van der Waals surface area (Å²) in [6, 6.07) is 43.9. The maximum absolute atomic E-state index is 2.62. The second-order valence-electron chi connectivity index (χ2n) is 13.0. The summed E-state index contributed by atoms with van der Waals surface area (Å²) in [5.41, 5.74) is 7.57. The number of hydrogen-bond donors (Lipinski definition) is 0. The molecule has 0 bridgehead atoms. The lowest BCUT2D eigenvalue weighted by Gasteiger charge is -2.29. The summed E-state index contributed by atoms with van der Waals surface area (Å²) in [4.78, 5) is 0. The van der Waals surface area contributed by atoms with E-state index in [1.165, 1.54) is 92.0 Å². The first-order valence-corrected chi connectivity index (χ1v) is 19.0. The van der Waals surface area contributed by atoms with Crippen molar-refractivity contribution in [2.75, 3.05) is 4.43 Å². The maximum Gasteiger partial charge on any atom is 0.00644 e. The van der Waals surface area contributed by atoms with Gasteiger partial charge >= 0.3 is 0 Å². The number of hydrogen-bond acceptors (Lipinski definition) is 0. The molecule has 2 unspecified atom stereocenters. The highest BCUT2D eigenvalue weighted by Gasteiger charge is 2.25. The minimum absolute atomic E-state index is 0.535. The van der Waals surface area contributed by atoms with Crippen LogP contribution in [0.1, 0.15) is 142 Å². The minimum atomic E-state index is 0.535. The largest absolute Gasteiger partial charge is 0.0857 e. The quantitative estimate of drug-likeness (QED) is 0.0675. The van der Waals surface area contributed by atoms with Crippen LogP contribution in [-0.4, -0.2) is 4.43 Å². The average molecular weight is 699 g/mol. The van der Waals surface area contributed by atoms with Crippen LogP contribution in [0.2, 0.25) is 0 Å². The van der Waals surface area contributed by atoms with Crippen LogP contribution in [0.3, 0.4) is 0 Å². The third-order valence-corrected chi connectivity index (χ3v) is 10.8. The molecule has 4 aromatic carbocycles. The first-order valence-electron chi connectivity index (χ1n) is 17.5. The molecule has 4 aromatic rings. The monoisotopic (exact) mass is 698 g/mol. The summed E-state index contributed by atoms with van der Waals surface area (Å²) >= 11 is 2.62. The van der Waals surface area contributed by atoms with E-state index in [-0.39, 0.29) is 0 Å². The van der Waals surface area contributed by atoms with Crippen LogP contribution in [0.15, 0.2) is 115 Å². The second-order valence-corrected chi connectivity index (χ2v) is 13.8. The Labute approximate surface area is 283 Å². The van der Waals surface area contributed by atoms with Gasteiger partial charge in [0.15, 0.2) is 0 Å². The van der Waals surface area contributed by atoms with Gasteiger partial charge in [0.2, 0.25) is 0 Å². The van der Waals surface area contributed by atoms with E-state index in [2.05, 4.69) is 159 Å². The van der Waals surface area contributed by atoms with Crippen molar-refractivity contribution >= 4 is 22.6 Å². The molecule has 0 saturated carbocycles. The fourth-order valence-electron chi connectivity index (χ4n) is 7.31. The number of unbranched alkanes of at least 4 members (excludes halogenated alkanes) is 1. The molecule has 0 radical (unpaired) electrons. The molecule has 0 aliphatic heterocycles. The Hall–Kier alpha value is -2.39. The van der Waals surface area contributed by atoms with Crippen LogP contribution in [-0.2, 0) is 0 Å². The topological polar surface area (TPSA) is 0 Å². The molecular weight excluding hydrogens is 643 g/mol. The van der Waals surface area contributed by atoms with Crippen molar-refractivity contribution in [2.45, 2.75) is 115 Å². The zero-order chi connectivity index (χ0) is 31.0. The van der Waals surface area contributed by atoms with Gasteiger partial charge in [-0.1, -0.05) is 184 Å². The Bertz CT molecular complexity index is 1280. The highest BCUT2D eigenvalue weighted by molar-refractivity contribution is 14.1. The molecule has 44 heavy (non-hydrogen) atoms. The van der Waals surface area contributed by atoms with E-state index < -0.39 is 0 Å². The van der Waals surface area contributed by atoms with Crippen LogP contribution in [0, 0.1) is 0 Å². The van der Waals surface area contributed by atoms with E-state index in [4.69, 9.17) is 0 Å². The van der Waals surface area contributed by atoms with Crippen molar-refractivity contribution in [3.63, 3.8) is 0 Å². The molecule has 0 aliphatic rings. The molecule has 0 aromatic heterocycles. The Morgan fingerprint density at radius 2 is 0.727 bits per heavy atom. The van der Waals surface area contributed by atoms with Crippen molar-refractivity contribution in [3.8, 4) is 0 Å². The SMILES string of the molecule is CCCC[C@@H](CC(C[C@H](CI)c1ccccc1)c1ccc(C(CCC)C[C@H](CCC)c2ccccc2)cc1)c1ccccc1. The van der Waals surface area contributed by atoms with Gasteiger partial charge in [0.1, 0.15) is 0 Å². The van der Waals surface area contributed by atoms with Gasteiger partial charge in [-0.05, 0) is 95.9 Å². The fraction of sp³-hybridized carbons (Fsp3) is 0.442. The zero-order valence-electron chi connectivity index (χ0n) is 27.5. The van der Waals surface area contributed by atoms with Crippen molar-refractivity contribution in [1.82, 2.24) is 0 Å². The Morgan fingerprint density at radius 1 is 0.386 bits per heavy atom. The lowest BCUT2D eigenvalue weighted by atomic mass is 9.76. The molecule has 0 heterocycles. The summed E-state index contributed by atoms with van der Waals surface area (Å²) in [7, 11) is 0. The van der Waals surface area contributed by atoms with Gasteiger partial charge < -0.3 is 0 Å². The molecule has 0 fully saturated rings. The number of halogens is 1. The predicted octanol–water partition coefficient (Wildman–Crippen LogP) is 13.6.